The number of hydrogen-bond acceptors (Lipinski definition) is 5. The Hall–Kier alpha value is -2.08. The van der Waals surface area contributed by atoms with Crippen LogP contribution in [0.1, 0.15) is 0 Å². The second-order valence-electron chi connectivity index (χ2n) is 3.60. The number of aromatic nitrogens is 2. The molecule has 0 radical (unpaired) electrons. The molecule has 1 aromatic carbocycles. The molecule has 0 atom stereocenters. The molecule has 19 heavy (non-hydrogen) atoms. The number of ether oxygens (including phenoxy) is 2. The highest BCUT2D eigenvalue weighted by atomic mass is 35.5. The van der Waals surface area contributed by atoms with Crippen LogP contribution in [0.4, 0.5) is 10.1 Å². The van der Waals surface area contributed by atoms with E-state index in [1.165, 1.54) is 14.2 Å². The smallest absolute Gasteiger partial charge is 0.223 e. The molecule has 7 heteroatoms. The van der Waals surface area contributed by atoms with Gasteiger partial charge in [-0.25, -0.2) is 14.4 Å². The summed E-state index contributed by atoms with van der Waals surface area (Å²) in [6, 6.07) is 3.20. The van der Waals surface area contributed by atoms with Gasteiger partial charge in [-0.05, 0) is 23.7 Å². The third kappa shape index (κ3) is 2.39. The van der Waals surface area contributed by atoms with Crippen molar-refractivity contribution < 1.29 is 13.9 Å². The topological polar surface area (TPSA) is 70.3 Å². The number of nitrogen functional groups attached to an aromatic ring is 1. The lowest BCUT2D eigenvalue weighted by molar-refractivity contribution is 0.398. The van der Waals surface area contributed by atoms with Crippen LogP contribution in [0.5, 0.6) is 11.5 Å². The number of halogens is 2. The van der Waals surface area contributed by atoms with E-state index in [0.717, 1.165) is 6.20 Å². The molecule has 0 fully saturated rings. The lowest BCUT2D eigenvalue weighted by Crippen LogP contribution is -2.01. The van der Waals surface area contributed by atoms with Crippen LogP contribution in [-0.2, 0) is 0 Å². The van der Waals surface area contributed by atoms with Crippen LogP contribution in [0.15, 0.2) is 18.3 Å². The molecule has 2 aromatic rings. The molecular formula is C12H11ClFN3O2. The van der Waals surface area contributed by atoms with Crippen molar-refractivity contribution in [3.05, 3.63) is 29.4 Å². The predicted octanol–water partition coefficient (Wildman–Crippen LogP) is 2.54. The Kier molecular flexibility index (Phi) is 3.71. The van der Waals surface area contributed by atoms with Crippen LogP contribution in [0.25, 0.3) is 11.3 Å². The van der Waals surface area contributed by atoms with Crippen LogP contribution >= 0.6 is 11.6 Å². The lowest BCUT2D eigenvalue weighted by Gasteiger charge is -2.14. The Labute approximate surface area is 114 Å². The van der Waals surface area contributed by atoms with Gasteiger partial charge in [0.15, 0.2) is 11.6 Å². The van der Waals surface area contributed by atoms with Gasteiger partial charge in [-0.1, -0.05) is 0 Å². The van der Waals surface area contributed by atoms with Crippen molar-refractivity contribution in [2.24, 2.45) is 0 Å². The number of methoxy groups -OCH3 is 2. The van der Waals surface area contributed by atoms with Gasteiger partial charge in [0, 0.05) is 0 Å². The zero-order valence-electron chi connectivity index (χ0n) is 10.3. The molecule has 1 heterocycles. The summed E-state index contributed by atoms with van der Waals surface area (Å²) in [5.74, 6) is -0.000617. The summed E-state index contributed by atoms with van der Waals surface area (Å²) in [7, 11) is 2.88. The van der Waals surface area contributed by atoms with E-state index < -0.39 is 5.82 Å². The Morgan fingerprint density at radius 1 is 1.26 bits per heavy atom. The second kappa shape index (κ2) is 5.27. The Morgan fingerprint density at radius 2 is 2.00 bits per heavy atom. The Morgan fingerprint density at radius 3 is 2.63 bits per heavy atom. The summed E-state index contributed by atoms with van der Waals surface area (Å²) in [6.45, 7) is 0. The quantitative estimate of drug-likeness (QED) is 0.692. The lowest BCUT2D eigenvalue weighted by atomic mass is 10.1. The van der Waals surface area contributed by atoms with Crippen molar-refractivity contribution in [1.29, 1.82) is 0 Å². The molecule has 0 saturated heterocycles. The zero-order chi connectivity index (χ0) is 14.0. The van der Waals surface area contributed by atoms with Crippen LogP contribution < -0.4 is 15.2 Å². The number of nitrogens with zero attached hydrogens (tertiary/aromatic N) is 2. The Balaban J connectivity index is 2.79. The molecular weight excluding hydrogens is 273 g/mol. The minimum absolute atomic E-state index is 0.0269. The summed E-state index contributed by atoms with van der Waals surface area (Å²) in [4.78, 5) is 7.43. The highest BCUT2D eigenvalue weighted by Crippen LogP contribution is 2.42. The summed E-state index contributed by atoms with van der Waals surface area (Å²) in [5.41, 5.74) is 6.41. The average Bonchev–Trinajstić information content (AvgIpc) is 2.41. The molecule has 0 unspecified atom stereocenters. The molecule has 0 aliphatic carbocycles. The zero-order valence-corrected chi connectivity index (χ0v) is 11.0. The molecule has 0 aliphatic rings. The first kappa shape index (κ1) is 13.4. The van der Waals surface area contributed by atoms with E-state index in [0.29, 0.717) is 17.0 Å². The molecule has 0 saturated carbocycles. The van der Waals surface area contributed by atoms with Crippen molar-refractivity contribution in [2.75, 3.05) is 20.0 Å². The van der Waals surface area contributed by atoms with E-state index in [4.69, 9.17) is 26.8 Å². The maximum absolute atomic E-state index is 13.9. The largest absolute Gasteiger partial charge is 0.496 e. The van der Waals surface area contributed by atoms with Gasteiger partial charge < -0.3 is 15.2 Å². The van der Waals surface area contributed by atoms with Crippen LogP contribution in [0.2, 0.25) is 5.28 Å². The van der Waals surface area contributed by atoms with Gasteiger partial charge in [0.1, 0.15) is 11.4 Å². The molecule has 0 amide bonds. The van der Waals surface area contributed by atoms with Crippen LogP contribution in [0, 0.1) is 5.82 Å². The van der Waals surface area contributed by atoms with Crippen LogP contribution in [-0.4, -0.2) is 24.2 Å². The standard InChI is InChI=1S/C12H11ClFN3O2/c1-18-8-4-3-7(15)11(19-2)9(8)10-6(14)5-16-12(13)17-10/h3-5H,15H2,1-2H3. The third-order valence-electron chi connectivity index (χ3n) is 2.53. The molecule has 0 bridgehead atoms. The Bertz CT molecular complexity index is 622. The number of rotatable bonds is 3. The maximum atomic E-state index is 13.9. The molecule has 0 aliphatic heterocycles. The van der Waals surface area contributed by atoms with E-state index in [-0.39, 0.29) is 16.7 Å². The van der Waals surface area contributed by atoms with Gasteiger partial charge in [-0.2, -0.15) is 0 Å². The normalized spacial score (nSPS) is 10.3. The highest BCUT2D eigenvalue weighted by Gasteiger charge is 2.20. The first-order chi connectivity index (χ1) is 9.08. The minimum atomic E-state index is -0.647. The molecule has 0 spiro atoms. The predicted molar refractivity (Wildman–Crippen MR) is 70.0 cm³/mol. The van der Waals surface area contributed by atoms with Gasteiger partial charge in [0.2, 0.25) is 5.28 Å². The minimum Gasteiger partial charge on any atom is -0.496 e. The van der Waals surface area contributed by atoms with E-state index in [1.807, 2.05) is 0 Å². The summed E-state index contributed by atoms with van der Waals surface area (Å²) >= 11 is 5.70. The van der Waals surface area contributed by atoms with E-state index in [1.54, 1.807) is 12.1 Å². The summed E-state index contributed by atoms with van der Waals surface area (Å²) in [5, 5.41) is -0.0806. The maximum Gasteiger partial charge on any atom is 0.223 e. The molecule has 2 rings (SSSR count). The third-order valence-corrected chi connectivity index (χ3v) is 2.71. The molecule has 1 aromatic heterocycles. The van der Waals surface area contributed by atoms with Crippen molar-refractivity contribution >= 4 is 17.3 Å². The fourth-order valence-electron chi connectivity index (χ4n) is 1.72. The average molecular weight is 284 g/mol. The number of nitrogens with two attached hydrogens (primary N) is 1. The van der Waals surface area contributed by atoms with Gasteiger partial charge in [-0.3, -0.25) is 0 Å². The molecule has 5 nitrogen and oxygen atoms in total. The van der Waals surface area contributed by atoms with Gasteiger partial charge in [-0.15, -0.1) is 0 Å². The number of anilines is 1. The highest BCUT2D eigenvalue weighted by molar-refractivity contribution is 6.28. The monoisotopic (exact) mass is 283 g/mol. The van der Waals surface area contributed by atoms with E-state index in [2.05, 4.69) is 9.97 Å². The molecule has 100 valence electrons. The second-order valence-corrected chi connectivity index (χ2v) is 3.94. The van der Waals surface area contributed by atoms with Crippen molar-refractivity contribution in [1.82, 2.24) is 9.97 Å². The SMILES string of the molecule is COc1ccc(N)c(OC)c1-c1nc(Cl)ncc1F. The molecule has 2 N–H and O–H groups in total. The van der Waals surface area contributed by atoms with Crippen molar-refractivity contribution in [2.45, 2.75) is 0 Å². The first-order valence-corrected chi connectivity index (χ1v) is 5.65. The van der Waals surface area contributed by atoms with Gasteiger partial charge in [0.05, 0.1) is 31.7 Å². The summed E-state index contributed by atoms with van der Waals surface area (Å²) < 4.78 is 24.3. The number of hydrogen-bond donors (Lipinski definition) is 1. The van der Waals surface area contributed by atoms with Crippen molar-refractivity contribution in [3.8, 4) is 22.8 Å². The van der Waals surface area contributed by atoms with Crippen molar-refractivity contribution in [3.63, 3.8) is 0 Å². The fraction of sp³-hybridized carbons (Fsp3) is 0.167. The number of benzene rings is 1. The first-order valence-electron chi connectivity index (χ1n) is 5.27. The summed E-state index contributed by atoms with van der Waals surface area (Å²) in [6.07, 6.45) is 0.979. The van der Waals surface area contributed by atoms with Crippen LogP contribution in [0.3, 0.4) is 0 Å². The van der Waals surface area contributed by atoms with E-state index in [9.17, 15) is 4.39 Å². The fourth-order valence-corrected chi connectivity index (χ4v) is 1.85. The van der Waals surface area contributed by atoms with Gasteiger partial charge in [0.25, 0.3) is 0 Å². The van der Waals surface area contributed by atoms with E-state index >= 15 is 0 Å². The van der Waals surface area contributed by atoms with Gasteiger partial charge >= 0.3 is 0 Å².